The van der Waals surface area contributed by atoms with Crippen LogP contribution in [0.15, 0.2) is 59.4 Å². The van der Waals surface area contributed by atoms with Gasteiger partial charge < -0.3 is 19.3 Å². The number of hydrogen-bond donors (Lipinski definition) is 0. The minimum absolute atomic E-state index is 0.103. The van der Waals surface area contributed by atoms with E-state index in [1.54, 1.807) is 17.0 Å². The molecule has 0 aliphatic carbocycles. The lowest BCUT2D eigenvalue weighted by atomic mass is 10.1. The van der Waals surface area contributed by atoms with Gasteiger partial charge in [0.1, 0.15) is 6.54 Å². The molecule has 0 saturated carbocycles. The second-order valence-electron chi connectivity index (χ2n) is 7.63. The van der Waals surface area contributed by atoms with E-state index in [9.17, 15) is 9.59 Å². The van der Waals surface area contributed by atoms with Crippen LogP contribution in [-0.2, 0) is 11.3 Å². The fourth-order valence-electron chi connectivity index (χ4n) is 3.89. The molecule has 1 fully saturated rings. The van der Waals surface area contributed by atoms with Gasteiger partial charge in [-0.2, -0.15) is 5.10 Å². The first kappa shape index (κ1) is 20.4. The fourth-order valence-corrected chi connectivity index (χ4v) is 4.07. The Kier molecular flexibility index (Phi) is 5.45. The summed E-state index contributed by atoms with van der Waals surface area (Å²) in [7, 11) is 0. The zero-order valence-corrected chi connectivity index (χ0v) is 18.0. The van der Waals surface area contributed by atoms with Crippen molar-refractivity contribution < 1.29 is 14.3 Å². The number of fused-ring (bicyclic) bond motifs is 1. The molecule has 8 nitrogen and oxygen atoms in total. The maximum atomic E-state index is 12.9. The molecule has 5 rings (SSSR count). The second-order valence-corrected chi connectivity index (χ2v) is 8.07. The number of hydrogen-bond acceptors (Lipinski definition) is 6. The van der Waals surface area contributed by atoms with Crippen molar-refractivity contribution in [1.82, 2.24) is 14.7 Å². The van der Waals surface area contributed by atoms with Gasteiger partial charge in [-0.1, -0.05) is 17.7 Å². The molecule has 0 bridgehead atoms. The largest absolute Gasteiger partial charge is 0.454 e. The summed E-state index contributed by atoms with van der Waals surface area (Å²) in [5, 5.41) is 5.10. The Morgan fingerprint density at radius 2 is 1.78 bits per heavy atom. The van der Waals surface area contributed by atoms with Gasteiger partial charge in [0, 0.05) is 48.5 Å². The summed E-state index contributed by atoms with van der Waals surface area (Å²) in [5.74, 6) is 1.18. The first-order valence-electron chi connectivity index (χ1n) is 10.3. The summed E-state index contributed by atoms with van der Waals surface area (Å²) < 4.78 is 12.0. The van der Waals surface area contributed by atoms with E-state index >= 15 is 0 Å². The molecule has 2 aliphatic heterocycles. The number of halogens is 1. The van der Waals surface area contributed by atoms with Crippen LogP contribution in [-0.4, -0.2) is 53.6 Å². The number of rotatable bonds is 4. The molecule has 9 heteroatoms. The van der Waals surface area contributed by atoms with Gasteiger partial charge in [0.05, 0.1) is 5.69 Å². The summed E-state index contributed by atoms with van der Waals surface area (Å²) in [4.78, 5) is 29.2. The van der Waals surface area contributed by atoms with Crippen LogP contribution in [0.1, 0.15) is 0 Å². The molecular formula is C23H21ClN4O4. The predicted molar refractivity (Wildman–Crippen MR) is 120 cm³/mol. The quantitative estimate of drug-likeness (QED) is 0.605. The number of anilines is 1. The van der Waals surface area contributed by atoms with Gasteiger partial charge in [0.25, 0.3) is 5.56 Å². The van der Waals surface area contributed by atoms with E-state index in [0.717, 1.165) is 11.3 Å². The van der Waals surface area contributed by atoms with E-state index in [-0.39, 0.29) is 24.8 Å². The monoisotopic (exact) mass is 452 g/mol. The molecule has 0 radical (unpaired) electrons. The first-order valence-corrected chi connectivity index (χ1v) is 10.7. The Morgan fingerprint density at radius 3 is 2.59 bits per heavy atom. The highest BCUT2D eigenvalue weighted by Crippen LogP contribution is 2.35. The third-order valence-corrected chi connectivity index (χ3v) is 5.86. The van der Waals surface area contributed by atoms with Gasteiger partial charge in [-0.25, -0.2) is 4.68 Å². The summed E-state index contributed by atoms with van der Waals surface area (Å²) in [5.41, 5.74) is 2.09. The molecule has 3 aromatic rings. The Hall–Kier alpha value is -3.52. The third kappa shape index (κ3) is 4.13. The smallest absolute Gasteiger partial charge is 0.267 e. The highest BCUT2D eigenvalue weighted by molar-refractivity contribution is 6.30. The van der Waals surface area contributed by atoms with Crippen LogP contribution >= 0.6 is 11.6 Å². The van der Waals surface area contributed by atoms with Crippen LogP contribution in [0.5, 0.6) is 11.5 Å². The molecule has 0 atom stereocenters. The van der Waals surface area contributed by atoms with Crippen molar-refractivity contribution >= 4 is 23.2 Å². The van der Waals surface area contributed by atoms with E-state index in [1.165, 1.54) is 10.7 Å². The molecule has 3 heterocycles. The number of ether oxygens (including phenoxy) is 2. The van der Waals surface area contributed by atoms with E-state index in [2.05, 4.69) is 10.00 Å². The molecule has 1 aromatic heterocycles. The zero-order chi connectivity index (χ0) is 22.1. The summed E-state index contributed by atoms with van der Waals surface area (Å²) in [6.45, 7) is 2.63. The number of carbonyl (C=O) groups excluding carboxylic acids is 1. The average molecular weight is 453 g/mol. The normalized spacial score (nSPS) is 15.2. The van der Waals surface area contributed by atoms with Crippen molar-refractivity contribution in [3.63, 3.8) is 0 Å². The minimum Gasteiger partial charge on any atom is -0.454 e. The van der Waals surface area contributed by atoms with Crippen molar-refractivity contribution in [3.05, 3.63) is 70.0 Å². The number of piperazine rings is 1. The zero-order valence-electron chi connectivity index (χ0n) is 17.2. The molecule has 32 heavy (non-hydrogen) atoms. The standard InChI is InChI=1S/C23H21ClN4O4/c24-17-2-1-3-18(13-17)26-8-10-27(11-9-26)23(30)14-28-22(29)7-5-19(25-28)16-4-6-20-21(12-16)32-15-31-20/h1-7,12-13H,8-11,14-15H2. The van der Waals surface area contributed by atoms with Crippen LogP contribution in [0.2, 0.25) is 5.02 Å². The highest BCUT2D eigenvalue weighted by Gasteiger charge is 2.22. The van der Waals surface area contributed by atoms with Gasteiger partial charge in [0.2, 0.25) is 12.7 Å². The molecule has 1 amide bonds. The molecule has 1 saturated heterocycles. The van der Waals surface area contributed by atoms with Gasteiger partial charge >= 0.3 is 0 Å². The molecular weight excluding hydrogens is 432 g/mol. The summed E-state index contributed by atoms with van der Waals surface area (Å²) >= 11 is 6.09. The van der Waals surface area contributed by atoms with Crippen LogP contribution in [0.3, 0.4) is 0 Å². The van der Waals surface area contributed by atoms with Crippen molar-refractivity contribution in [1.29, 1.82) is 0 Å². The lowest BCUT2D eigenvalue weighted by Crippen LogP contribution is -2.50. The fraction of sp³-hybridized carbons (Fsp3) is 0.261. The maximum Gasteiger partial charge on any atom is 0.267 e. The lowest BCUT2D eigenvalue weighted by Gasteiger charge is -2.36. The summed E-state index contributed by atoms with van der Waals surface area (Å²) in [6, 6.07) is 16.2. The van der Waals surface area contributed by atoms with Gasteiger partial charge in [-0.3, -0.25) is 9.59 Å². The van der Waals surface area contributed by atoms with Crippen LogP contribution in [0.4, 0.5) is 5.69 Å². The Bertz CT molecular complexity index is 1220. The van der Waals surface area contributed by atoms with Crippen molar-refractivity contribution in [2.24, 2.45) is 0 Å². The SMILES string of the molecule is O=C(Cn1nc(-c2ccc3c(c2)OCO3)ccc1=O)N1CCN(c2cccc(Cl)c2)CC1. The Morgan fingerprint density at radius 1 is 0.969 bits per heavy atom. The van der Waals surface area contributed by atoms with E-state index < -0.39 is 0 Å². The predicted octanol–water partition coefficient (Wildman–Crippen LogP) is 2.64. The van der Waals surface area contributed by atoms with Crippen molar-refractivity contribution in [3.8, 4) is 22.8 Å². The Labute approximate surface area is 189 Å². The van der Waals surface area contributed by atoms with Crippen LogP contribution < -0.4 is 19.9 Å². The molecule has 2 aliphatic rings. The first-order chi connectivity index (χ1) is 15.6. The second kappa shape index (κ2) is 8.55. The molecule has 0 unspecified atom stereocenters. The van der Waals surface area contributed by atoms with E-state index in [4.69, 9.17) is 21.1 Å². The molecule has 2 aromatic carbocycles. The minimum atomic E-state index is -0.319. The number of benzene rings is 2. The van der Waals surface area contributed by atoms with Gasteiger partial charge in [-0.15, -0.1) is 0 Å². The highest BCUT2D eigenvalue weighted by atomic mass is 35.5. The van der Waals surface area contributed by atoms with E-state index in [1.807, 2.05) is 36.4 Å². The van der Waals surface area contributed by atoms with Gasteiger partial charge in [-0.05, 0) is 42.5 Å². The number of amides is 1. The van der Waals surface area contributed by atoms with Crippen LogP contribution in [0, 0.1) is 0 Å². The number of aromatic nitrogens is 2. The average Bonchev–Trinajstić information content (AvgIpc) is 3.28. The third-order valence-electron chi connectivity index (χ3n) is 5.63. The van der Waals surface area contributed by atoms with Gasteiger partial charge in [0.15, 0.2) is 11.5 Å². The Balaban J connectivity index is 1.27. The van der Waals surface area contributed by atoms with E-state index in [0.29, 0.717) is 48.4 Å². The molecule has 164 valence electrons. The topological polar surface area (TPSA) is 76.9 Å². The molecule has 0 N–H and O–H groups in total. The summed E-state index contributed by atoms with van der Waals surface area (Å²) in [6.07, 6.45) is 0. The number of carbonyl (C=O) groups is 1. The van der Waals surface area contributed by atoms with Crippen LogP contribution in [0.25, 0.3) is 11.3 Å². The van der Waals surface area contributed by atoms with Crippen molar-refractivity contribution in [2.75, 3.05) is 37.9 Å². The number of nitrogens with zero attached hydrogens (tertiary/aromatic N) is 4. The lowest BCUT2D eigenvalue weighted by molar-refractivity contribution is -0.132. The maximum absolute atomic E-state index is 12.9. The van der Waals surface area contributed by atoms with Crippen molar-refractivity contribution in [2.45, 2.75) is 6.54 Å². The molecule has 0 spiro atoms.